The van der Waals surface area contributed by atoms with Gasteiger partial charge in [0, 0.05) is 29.9 Å². The van der Waals surface area contributed by atoms with Crippen LogP contribution in [-0.2, 0) is 20.9 Å². The van der Waals surface area contributed by atoms with Gasteiger partial charge in [-0.25, -0.2) is 4.79 Å². The summed E-state index contributed by atoms with van der Waals surface area (Å²) in [7, 11) is 0. The van der Waals surface area contributed by atoms with Crippen molar-refractivity contribution >= 4 is 35.0 Å². The van der Waals surface area contributed by atoms with Crippen molar-refractivity contribution in [3.63, 3.8) is 0 Å². The molecule has 0 spiro atoms. The molecule has 7 nitrogen and oxygen atoms in total. The molecule has 0 radical (unpaired) electrons. The van der Waals surface area contributed by atoms with Crippen LogP contribution >= 0.6 is 11.8 Å². The molecule has 0 N–H and O–H groups in total. The number of nitro benzene ring substituents is 1. The van der Waals surface area contributed by atoms with Crippen LogP contribution in [0.4, 0.5) is 11.4 Å². The van der Waals surface area contributed by atoms with Crippen LogP contribution in [-0.4, -0.2) is 21.7 Å². The number of carbonyl (C=O) groups is 2. The molecule has 4 rings (SSSR count). The van der Waals surface area contributed by atoms with Gasteiger partial charge in [-0.15, -0.1) is 0 Å². The average molecular weight is 370 g/mol. The molecular weight excluding hydrogens is 356 g/mol. The first-order valence-electron chi connectivity index (χ1n) is 8.03. The van der Waals surface area contributed by atoms with Gasteiger partial charge < -0.3 is 4.74 Å². The lowest BCUT2D eigenvalue weighted by molar-refractivity contribution is -0.384. The molecule has 1 amide bonds. The molecule has 0 saturated carbocycles. The SMILES string of the molecule is O=C1CCC2(C(=O)OCc3cccc([N+](=O)[O-])c3)Sc3ccccc3N12. The molecule has 132 valence electrons. The van der Waals surface area contributed by atoms with E-state index in [1.807, 2.05) is 24.3 Å². The number of ether oxygens (including phenoxy) is 1. The summed E-state index contributed by atoms with van der Waals surface area (Å²) in [5, 5.41) is 10.9. The van der Waals surface area contributed by atoms with Gasteiger partial charge in [0.25, 0.3) is 5.69 Å². The van der Waals surface area contributed by atoms with E-state index in [9.17, 15) is 19.7 Å². The Labute approximate surface area is 153 Å². The van der Waals surface area contributed by atoms with E-state index in [0.717, 1.165) is 10.6 Å². The molecular formula is C18H14N2O5S. The molecule has 1 unspecified atom stereocenters. The van der Waals surface area contributed by atoms with Gasteiger partial charge in [0.05, 0.1) is 10.6 Å². The third-order valence-electron chi connectivity index (χ3n) is 4.48. The number of fused-ring (bicyclic) bond motifs is 3. The lowest BCUT2D eigenvalue weighted by atomic mass is 10.2. The minimum atomic E-state index is -1.08. The summed E-state index contributed by atoms with van der Waals surface area (Å²) in [6.45, 7) is -0.0821. The summed E-state index contributed by atoms with van der Waals surface area (Å²) >= 11 is 1.33. The number of anilines is 1. The summed E-state index contributed by atoms with van der Waals surface area (Å²) in [5.74, 6) is -0.606. The highest BCUT2D eigenvalue weighted by molar-refractivity contribution is 8.02. The zero-order valence-electron chi connectivity index (χ0n) is 13.6. The molecule has 0 bridgehead atoms. The number of rotatable bonds is 4. The smallest absolute Gasteiger partial charge is 0.343 e. The van der Waals surface area contributed by atoms with Crippen LogP contribution in [0.2, 0.25) is 0 Å². The second-order valence-electron chi connectivity index (χ2n) is 6.09. The van der Waals surface area contributed by atoms with Crippen molar-refractivity contribution in [3.05, 3.63) is 64.2 Å². The Morgan fingerprint density at radius 3 is 2.88 bits per heavy atom. The molecule has 2 aromatic carbocycles. The maximum atomic E-state index is 12.9. The normalized spacial score (nSPS) is 20.6. The molecule has 2 heterocycles. The quantitative estimate of drug-likeness (QED) is 0.466. The highest BCUT2D eigenvalue weighted by Gasteiger charge is 2.58. The largest absolute Gasteiger partial charge is 0.458 e. The molecule has 0 aromatic heterocycles. The number of carbonyl (C=O) groups excluding carboxylic acids is 2. The van der Waals surface area contributed by atoms with Crippen molar-refractivity contribution < 1.29 is 19.2 Å². The first kappa shape index (κ1) is 16.6. The zero-order valence-corrected chi connectivity index (χ0v) is 14.4. The Bertz CT molecular complexity index is 931. The molecule has 2 aliphatic heterocycles. The minimum absolute atomic E-state index is 0.0583. The molecule has 1 saturated heterocycles. The number of hydrogen-bond donors (Lipinski definition) is 0. The molecule has 2 aliphatic rings. The van der Waals surface area contributed by atoms with E-state index in [-0.39, 0.29) is 24.6 Å². The number of thioether (sulfide) groups is 1. The van der Waals surface area contributed by atoms with Crippen LogP contribution in [0.1, 0.15) is 18.4 Å². The topological polar surface area (TPSA) is 89.8 Å². The van der Waals surface area contributed by atoms with E-state index in [1.54, 1.807) is 12.1 Å². The van der Waals surface area contributed by atoms with Gasteiger partial charge in [0.1, 0.15) is 6.61 Å². The van der Waals surface area contributed by atoms with Crippen LogP contribution < -0.4 is 4.90 Å². The van der Waals surface area contributed by atoms with Crippen molar-refractivity contribution in [2.24, 2.45) is 0 Å². The van der Waals surface area contributed by atoms with Crippen molar-refractivity contribution in [1.29, 1.82) is 0 Å². The maximum absolute atomic E-state index is 12.9. The Hall–Kier alpha value is -2.87. The third kappa shape index (κ3) is 2.53. The second kappa shape index (κ2) is 6.14. The van der Waals surface area contributed by atoms with Crippen LogP contribution in [0.5, 0.6) is 0 Å². The maximum Gasteiger partial charge on any atom is 0.343 e. The lowest BCUT2D eigenvalue weighted by Crippen LogP contribution is -2.47. The predicted molar refractivity (Wildman–Crippen MR) is 94.6 cm³/mol. The fourth-order valence-corrected chi connectivity index (χ4v) is 4.71. The molecule has 26 heavy (non-hydrogen) atoms. The predicted octanol–water partition coefficient (Wildman–Crippen LogP) is 3.27. The van der Waals surface area contributed by atoms with E-state index in [0.29, 0.717) is 12.0 Å². The van der Waals surface area contributed by atoms with Crippen molar-refractivity contribution in [2.45, 2.75) is 29.2 Å². The summed E-state index contributed by atoms with van der Waals surface area (Å²) in [4.78, 5) is 36.9. The summed E-state index contributed by atoms with van der Waals surface area (Å²) in [6, 6.07) is 13.3. The first-order chi connectivity index (χ1) is 12.5. The Kier molecular flexibility index (Phi) is 3.91. The van der Waals surface area contributed by atoms with E-state index in [2.05, 4.69) is 0 Å². The lowest BCUT2D eigenvalue weighted by Gasteiger charge is -2.28. The summed E-state index contributed by atoms with van der Waals surface area (Å²) < 4.78 is 5.45. The zero-order chi connectivity index (χ0) is 18.3. The number of hydrogen-bond acceptors (Lipinski definition) is 6. The van der Waals surface area contributed by atoms with Gasteiger partial charge >= 0.3 is 5.97 Å². The fourth-order valence-electron chi connectivity index (χ4n) is 3.29. The van der Waals surface area contributed by atoms with Crippen molar-refractivity contribution in [3.8, 4) is 0 Å². The van der Waals surface area contributed by atoms with E-state index < -0.39 is 15.8 Å². The number of para-hydroxylation sites is 1. The standard InChI is InChI=1S/C18H14N2O5S/c21-16-8-9-18(19(16)14-6-1-2-7-15(14)26-18)17(22)25-11-12-4-3-5-13(10-12)20(23)24/h1-7,10H,8-9,11H2. The highest BCUT2D eigenvalue weighted by atomic mass is 32.2. The van der Waals surface area contributed by atoms with Crippen LogP contribution in [0.25, 0.3) is 0 Å². The number of nitrogens with zero attached hydrogens (tertiary/aromatic N) is 2. The number of esters is 1. The number of non-ortho nitro benzene ring substituents is 1. The fraction of sp³-hybridized carbons (Fsp3) is 0.222. The summed E-state index contributed by atoms with van der Waals surface area (Å²) in [5.41, 5.74) is 1.20. The van der Waals surface area contributed by atoms with Crippen molar-refractivity contribution in [1.82, 2.24) is 0 Å². The molecule has 0 aliphatic carbocycles. The Balaban J connectivity index is 1.56. The van der Waals surface area contributed by atoms with E-state index >= 15 is 0 Å². The monoisotopic (exact) mass is 370 g/mol. The first-order valence-corrected chi connectivity index (χ1v) is 8.84. The van der Waals surface area contributed by atoms with Crippen LogP contribution in [0.15, 0.2) is 53.4 Å². The minimum Gasteiger partial charge on any atom is -0.458 e. The molecule has 8 heteroatoms. The van der Waals surface area contributed by atoms with Gasteiger partial charge in [-0.3, -0.25) is 19.8 Å². The van der Waals surface area contributed by atoms with Gasteiger partial charge in [-0.2, -0.15) is 0 Å². The van der Waals surface area contributed by atoms with E-state index in [1.165, 1.54) is 28.8 Å². The van der Waals surface area contributed by atoms with E-state index in [4.69, 9.17) is 4.74 Å². The van der Waals surface area contributed by atoms with Gasteiger partial charge in [-0.1, -0.05) is 36.0 Å². The van der Waals surface area contributed by atoms with Crippen molar-refractivity contribution in [2.75, 3.05) is 4.90 Å². The van der Waals surface area contributed by atoms with Gasteiger partial charge in [-0.05, 0) is 17.7 Å². The third-order valence-corrected chi connectivity index (χ3v) is 5.94. The Morgan fingerprint density at radius 1 is 1.27 bits per heavy atom. The average Bonchev–Trinajstić information content (AvgIpc) is 3.16. The molecule has 1 fully saturated rings. The second-order valence-corrected chi connectivity index (χ2v) is 7.41. The number of amides is 1. The number of benzene rings is 2. The molecule has 2 aromatic rings. The van der Waals surface area contributed by atoms with Gasteiger partial charge in [0.15, 0.2) is 4.87 Å². The number of nitro groups is 1. The van der Waals surface area contributed by atoms with Crippen LogP contribution in [0.3, 0.4) is 0 Å². The molecule has 1 atom stereocenters. The van der Waals surface area contributed by atoms with Gasteiger partial charge in [0.2, 0.25) is 5.91 Å². The highest BCUT2D eigenvalue weighted by Crippen LogP contribution is 2.56. The van der Waals surface area contributed by atoms with Crippen LogP contribution in [0, 0.1) is 10.1 Å². The summed E-state index contributed by atoms with van der Waals surface area (Å²) in [6.07, 6.45) is 0.659. The Morgan fingerprint density at radius 2 is 2.08 bits per heavy atom.